The molecule has 1 aliphatic heterocycles. The smallest absolute Gasteiger partial charge is 0.256 e. The van der Waals surface area contributed by atoms with Gasteiger partial charge in [0.1, 0.15) is 0 Å². The molecular formula is C18H21N3O. The quantitative estimate of drug-likeness (QED) is 0.947. The van der Waals surface area contributed by atoms with E-state index in [1.807, 2.05) is 71.4 Å². The summed E-state index contributed by atoms with van der Waals surface area (Å²) in [6, 6.07) is 17.9. The second kappa shape index (κ2) is 6.20. The molecule has 0 bridgehead atoms. The van der Waals surface area contributed by atoms with Crippen LogP contribution in [-0.4, -0.2) is 37.0 Å². The van der Waals surface area contributed by atoms with Crippen LogP contribution in [0.15, 0.2) is 54.6 Å². The van der Waals surface area contributed by atoms with Crippen LogP contribution in [0.4, 0.5) is 11.4 Å². The third kappa shape index (κ3) is 2.83. The molecule has 22 heavy (non-hydrogen) atoms. The number of anilines is 2. The van der Waals surface area contributed by atoms with Crippen molar-refractivity contribution >= 4 is 17.3 Å². The lowest BCUT2D eigenvalue weighted by molar-refractivity contribution is 0.0791. The van der Waals surface area contributed by atoms with E-state index >= 15 is 0 Å². The average molecular weight is 295 g/mol. The fourth-order valence-electron chi connectivity index (χ4n) is 2.88. The summed E-state index contributed by atoms with van der Waals surface area (Å²) in [6.07, 6.45) is 0.877. The molecule has 1 amide bonds. The lowest BCUT2D eigenvalue weighted by atomic mass is 10.1. The van der Waals surface area contributed by atoms with E-state index in [0.717, 1.165) is 29.9 Å². The molecule has 0 aromatic heterocycles. The van der Waals surface area contributed by atoms with Crippen LogP contribution >= 0.6 is 0 Å². The number of carbonyl (C=O) groups is 1. The van der Waals surface area contributed by atoms with Crippen LogP contribution in [0.1, 0.15) is 16.8 Å². The lowest BCUT2D eigenvalue weighted by Gasteiger charge is -2.24. The van der Waals surface area contributed by atoms with Crippen molar-refractivity contribution in [3.63, 3.8) is 0 Å². The van der Waals surface area contributed by atoms with E-state index in [1.54, 1.807) is 0 Å². The lowest BCUT2D eigenvalue weighted by Crippen LogP contribution is -2.32. The zero-order valence-corrected chi connectivity index (χ0v) is 12.8. The predicted octanol–water partition coefficient (Wildman–Crippen LogP) is 2.63. The van der Waals surface area contributed by atoms with E-state index < -0.39 is 0 Å². The Labute approximate surface area is 131 Å². The Bertz CT molecular complexity index is 656. The van der Waals surface area contributed by atoms with Gasteiger partial charge in [0, 0.05) is 31.9 Å². The van der Waals surface area contributed by atoms with E-state index in [0.29, 0.717) is 6.54 Å². The number of benzene rings is 2. The number of amides is 1. The average Bonchev–Trinajstić information content (AvgIpc) is 3.01. The number of carbonyl (C=O) groups excluding carboxylic acids is 1. The van der Waals surface area contributed by atoms with E-state index in [-0.39, 0.29) is 11.9 Å². The minimum atomic E-state index is 0.0614. The summed E-state index contributed by atoms with van der Waals surface area (Å²) >= 11 is 0. The molecule has 0 saturated carbocycles. The molecule has 1 fully saturated rings. The van der Waals surface area contributed by atoms with Gasteiger partial charge < -0.3 is 15.5 Å². The van der Waals surface area contributed by atoms with E-state index in [1.165, 1.54) is 0 Å². The van der Waals surface area contributed by atoms with Gasteiger partial charge in [-0.25, -0.2) is 0 Å². The Morgan fingerprint density at radius 2 is 1.82 bits per heavy atom. The highest BCUT2D eigenvalue weighted by molar-refractivity contribution is 6.00. The molecule has 4 nitrogen and oxygen atoms in total. The Morgan fingerprint density at radius 1 is 1.14 bits per heavy atom. The first-order valence-electron chi connectivity index (χ1n) is 7.59. The SMILES string of the molecule is CN(c1ccccc1)c1ccccc1C(=O)N1CC[C@@H](N)C1. The predicted molar refractivity (Wildman–Crippen MR) is 89.4 cm³/mol. The molecule has 114 valence electrons. The maximum absolute atomic E-state index is 12.8. The number of nitrogens with two attached hydrogens (primary N) is 1. The highest BCUT2D eigenvalue weighted by atomic mass is 16.2. The molecule has 1 heterocycles. The summed E-state index contributed by atoms with van der Waals surface area (Å²) in [5.41, 5.74) is 8.62. The molecule has 3 rings (SSSR count). The van der Waals surface area contributed by atoms with Crippen molar-refractivity contribution in [3.8, 4) is 0 Å². The highest BCUT2D eigenvalue weighted by Crippen LogP contribution is 2.28. The van der Waals surface area contributed by atoms with Gasteiger partial charge in [0.15, 0.2) is 0 Å². The van der Waals surface area contributed by atoms with Crippen molar-refractivity contribution < 1.29 is 4.79 Å². The first kappa shape index (κ1) is 14.6. The molecule has 1 aliphatic rings. The van der Waals surface area contributed by atoms with Crippen molar-refractivity contribution in [2.75, 3.05) is 25.0 Å². The fraction of sp³-hybridized carbons (Fsp3) is 0.278. The van der Waals surface area contributed by atoms with Crippen LogP contribution in [0.5, 0.6) is 0 Å². The summed E-state index contributed by atoms with van der Waals surface area (Å²) in [6.45, 7) is 1.38. The minimum absolute atomic E-state index is 0.0614. The maximum atomic E-state index is 12.8. The van der Waals surface area contributed by atoms with Crippen molar-refractivity contribution in [2.24, 2.45) is 5.73 Å². The number of hydrogen-bond donors (Lipinski definition) is 1. The van der Waals surface area contributed by atoms with E-state index in [4.69, 9.17) is 5.73 Å². The number of nitrogens with zero attached hydrogens (tertiary/aromatic N) is 2. The van der Waals surface area contributed by atoms with Crippen LogP contribution in [0.25, 0.3) is 0 Å². The Kier molecular flexibility index (Phi) is 4.11. The third-order valence-electron chi connectivity index (χ3n) is 4.15. The van der Waals surface area contributed by atoms with Crippen molar-refractivity contribution in [1.29, 1.82) is 0 Å². The molecule has 0 aliphatic carbocycles. The third-order valence-corrected chi connectivity index (χ3v) is 4.15. The summed E-state index contributed by atoms with van der Waals surface area (Å²) in [5, 5.41) is 0. The van der Waals surface area contributed by atoms with Crippen LogP contribution in [0.2, 0.25) is 0 Å². The summed E-state index contributed by atoms with van der Waals surface area (Å²) in [5.74, 6) is 0.0614. The number of hydrogen-bond acceptors (Lipinski definition) is 3. The van der Waals surface area contributed by atoms with Crippen molar-refractivity contribution in [2.45, 2.75) is 12.5 Å². The highest BCUT2D eigenvalue weighted by Gasteiger charge is 2.26. The van der Waals surface area contributed by atoms with Gasteiger partial charge in [0.25, 0.3) is 5.91 Å². The van der Waals surface area contributed by atoms with E-state index in [2.05, 4.69) is 0 Å². The zero-order valence-electron chi connectivity index (χ0n) is 12.8. The first-order chi connectivity index (χ1) is 10.7. The van der Waals surface area contributed by atoms with Crippen molar-refractivity contribution in [1.82, 2.24) is 4.90 Å². The number of likely N-dealkylation sites (tertiary alicyclic amines) is 1. The van der Waals surface area contributed by atoms with Gasteiger partial charge in [0.2, 0.25) is 0 Å². The summed E-state index contributed by atoms with van der Waals surface area (Å²) < 4.78 is 0. The van der Waals surface area contributed by atoms with Gasteiger partial charge >= 0.3 is 0 Å². The van der Waals surface area contributed by atoms with Gasteiger partial charge in [0.05, 0.1) is 11.3 Å². The molecule has 4 heteroatoms. The molecular weight excluding hydrogens is 274 g/mol. The molecule has 2 aromatic rings. The largest absolute Gasteiger partial charge is 0.344 e. The molecule has 2 aromatic carbocycles. The monoisotopic (exact) mass is 295 g/mol. The molecule has 2 N–H and O–H groups in total. The standard InChI is InChI=1S/C18H21N3O/c1-20(15-7-3-2-4-8-15)17-10-6-5-9-16(17)18(22)21-12-11-14(19)13-21/h2-10,14H,11-13,19H2,1H3/t14-/m1/s1. The maximum Gasteiger partial charge on any atom is 0.256 e. The molecule has 0 radical (unpaired) electrons. The first-order valence-corrected chi connectivity index (χ1v) is 7.59. The fourth-order valence-corrected chi connectivity index (χ4v) is 2.88. The topological polar surface area (TPSA) is 49.6 Å². The normalized spacial score (nSPS) is 17.5. The number of para-hydroxylation sites is 2. The van der Waals surface area contributed by atoms with Crippen LogP contribution in [0.3, 0.4) is 0 Å². The van der Waals surface area contributed by atoms with Crippen LogP contribution in [-0.2, 0) is 0 Å². The molecule has 0 unspecified atom stereocenters. The Hall–Kier alpha value is -2.33. The van der Waals surface area contributed by atoms with Gasteiger partial charge in [-0.05, 0) is 30.7 Å². The zero-order chi connectivity index (χ0) is 15.5. The summed E-state index contributed by atoms with van der Waals surface area (Å²) in [4.78, 5) is 16.7. The van der Waals surface area contributed by atoms with Gasteiger partial charge in [-0.3, -0.25) is 4.79 Å². The van der Waals surface area contributed by atoms with Gasteiger partial charge in [-0.1, -0.05) is 30.3 Å². The second-order valence-corrected chi connectivity index (χ2v) is 5.71. The second-order valence-electron chi connectivity index (χ2n) is 5.71. The summed E-state index contributed by atoms with van der Waals surface area (Å²) in [7, 11) is 1.98. The van der Waals surface area contributed by atoms with Crippen molar-refractivity contribution in [3.05, 3.63) is 60.2 Å². The Morgan fingerprint density at radius 3 is 2.50 bits per heavy atom. The molecule has 1 atom stereocenters. The number of rotatable bonds is 3. The Balaban J connectivity index is 1.91. The van der Waals surface area contributed by atoms with Crippen LogP contribution in [0, 0.1) is 0 Å². The van der Waals surface area contributed by atoms with E-state index in [9.17, 15) is 4.79 Å². The molecule has 0 spiro atoms. The van der Waals surface area contributed by atoms with Crippen LogP contribution < -0.4 is 10.6 Å². The minimum Gasteiger partial charge on any atom is -0.344 e. The van der Waals surface area contributed by atoms with Gasteiger partial charge in [-0.15, -0.1) is 0 Å². The van der Waals surface area contributed by atoms with Gasteiger partial charge in [-0.2, -0.15) is 0 Å². The molecule has 1 saturated heterocycles.